The molecule has 0 N–H and O–H groups in total. The molecule has 0 aromatic heterocycles. The summed E-state index contributed by atoms with van der Waals surface area (Å²) in [6.07, 6.45) is 2.60. The Labute approximate surface area is 89.4 Å². The Morgan fingerprint density at radius 1 is 1.33 bits per heavy atom. The highest BCUT2D eigenvalue weighted by Crippen LogP contribution is 2.08. The lowest BCUT2D eigenvalue weighted by Gasteiger charge is -1.97. The first kappa shape index (κ1) is 11.7. The molecule has 0 unspecified atom stereocenters. The summed E-state index contributed by atoms with van der Waals surface area (Å²) >= 11 is 0. The maximum atomic E-state index is 11.1. The Morgan fingerprint density at radius 2 is 2.00 bits per heavy atom. The summed E-state index contributed by atoms with van der Waals surface area (Å²) in [7, 11) is -3.12. The van der Waals surface area contributed by atoms with Gasteiger partial charge in [-0.2, -0.15) is 0 Å². The summed E-state index contributed by atoms with van der Waals surface area (Å²) < 4.78 is 21.7. The Balaban J connectivity index is 3.02. The molecule has 0 amide bonds. The number of hydrogen-bond donors (Lipinski definition) is 0. The number of carbonyl (C=O) groups is 1. The summed E-state index contributed by atoms with van der Waals surface area (Å²) in [5.74, 6) is -0.0374. The van der Waals surface area contributed by atoms with Crippen LogP contribution in [0, 0.1) is 0 Å². The van der Waals surface area contributed by atoms with Gasteiger partial charge in [-0.05, 0) is 24.6 Å². The SMILES string of the molecule is CC(=O)c1cccc(C=CS(C)(=O)=O)c1. The van der Waals surface area contributed by atoms with Gasteiger partial charge in [-0.25, -0.2) is 8.42 Å². The summed E-state index contributed by atoms with van der Waals surface area (Å²) in [4.78, 5) is 11.1. The molecule has 0 saturated heterocycles. The molecule has 1 aromatic carbocycles. The second-order valence-corrected chi connectivity index (χ2v) is 5.25. The van der Waals surface area contributed by atoms with E-state index in [0.29, 0.717) is 11.1 Å². The van der Waals surface area contributed by atoms with Gasteiger partial charge in [0.2, 0.25) is 0 Å². The Hall–Kier alpha value is -1.42. The van der Waals surface area contributed by atoms with Gasteiger partial charge in [0.15, 0.2) is 15.6 Å². The average Bonchev–Trinajstić information content (AvgIpc) is 2.14. The first-order chi connectivity index (χ1) is 6.88. The van der Waals surface area contributed by atoms with Gasteiger partial charge in [0.05, 0.1) is 0 Å². The number of ketones is 1. The standard InChI is InChI=1S/C11H12O3S/c1-9(12)11-5-3-4-10(8-11)6-7-15(2,13)14/h3-8H,1-2H3. The largest absolute Gasteiger partial charge is 0.295 e. The van der Waals surface area contributed by atoms with Crippen LogP contribution in [0.3, 0.4) is 0 Å². The number of rotatable bonds is 3. The summed E-state index contributed by atoms with van der Waals surface area (Å²) in [5.41, 5.74) is 1.28. The van der Waals surface area contributed by atoms with E-state index in [-0.39, 0.29) is 5.78 Å². The molecular weight excluding hydrogens is 212 g/mol. The zero-order valence-electron chi connectivity index (χ0n) is 8.60. The van der Waals surface area contributed by atoms with Crippen molar-refractivity contribution in [1.82, 2.24) is 0 Å². The first-order valence-corrected chi connectivity index (χ1v) is 6.33. The third-order valence-corrected chi connectivity index (χ3v) is 2.43. The fourth-order valence-electron chi connectivity index (χ4n) is 1.06. The van der Waals surface area contributed by atoms with Gasteiger partial charge in [-0.3, -0.25) is 4.79 Å². The lowest BCUT2D eigenvalue weighted by Crippen LogP contribution is -1.92. The predicted molar refractivity (Wildman–Crippen MR) is 60.3 cm³/mol. The molecule has 3 nitrogen and oxygen atoms in total. The number of carbonyl (C=O) groups excluding carboxylic acids is 1. The molecule has 0 fully saturated rings. The molecule has 0 heterocycles. The van der Waals surface area contributed by atoms with Gasteiger partial charge in [0.1, 0.15) is 0 Å². The smallest absolute Gasteiger partial charge is 0.168 e. The van der Waals surface area contributed by atoms with E-state index in [2.05, 4.69) is 0 Å². The predicted octanol–water partition coefficient (Wildman–Crippen LogP) is 1.90. The highest BCUT2D eigenvalue weighted by Gasteiger charge is 1.99. The van der Waals surface area contributed by atoms with Crippen molar-refractivity contribution in [2.45, 2.75) is 6.92 Å². The van der Waals surface area contributed by atoms with Crippen LogP contribution in [0.15, 0.2) is 29.7 Å². The second kappa shape index (κ2) is 4.40. The molecule has 4 heteroatoms. The molecular formula is C11H12O3S. The van der Waals surface area contributed by atoms with Crippen LogP contribution in [-0.4, -0.2) is 20.5 Å². The van der Waals surface area contributed by atoms with E-state index in [0.717, 1.165) is 11.7 Å². The van der Waals surface area contributed by atoms with E-state index in [9.17, 15) is 13.2 Å². The molecule has 0 saturated carbocycles. The van der Waals surface area contributed by atoms with E-state index in [1.807, 2.05) is 0 Å². The maximum Gasteiger partial charge on any atom is 0.168 e. The van der Waals surface area contributed by atoms with E-state index in [1.165, 1.54) is 13.0 Å². The zero-order chi connectivity index (χ0) is 11.5. The summed E-state index contributed by atoms with van der Waals surface area (Å²) in [5, 5.41) is 1.12. The van der Waals surface area contributed by atoms with Crippen molar-refractivity contribution in [3.05, 3.63) is 40.8 Å². The van der Waals surface area contributed by atoms with Crippen molar-refractivity contribution >= 4 is 21.7 Å². The Bertz CT molecular complexity index is 498. The molecule has 0 atom stereocenters. The van der Waals surface area contributed by atoms with Crippen molar-refractivity contribution in [1.29, 1.82) is 0 Å². The van der Waals surface area contributed by atoms with Gasteiger partial charge in [-0.1, -0.05) is 18.2 Å². The summed E-state index contributed by atoms with van der Waals surface area (Å²) in [6.45, 7) is 1.47. The van der Waals surface area contributed by atoms with E-state index < -0.39 is 9.84 Å². The second-order valence-electron chi connectivity index (χ2n) is 3.31. The van der Waals surface area contributed by atoms with Crippen LogP contribution in [0.2, 0.25) is 0 Å². The number of sulfone groups is 1. The van der Waals surface area contributed by atoms with E-state index in [1.54, 1.807) is 24.3 Å². The van der Waals surface area contributed by atoms with Crippen molar-refractivity contribution in [3.8, 4) is 0 Å². The normalized spacial score (nSPS) is 11.9. The Kier molecular flexibility index (Phi) is 3.42. The quantitative estimate of drug-likeness (QED) is 0.737. The molecule has 0 bridgehead atoms. The van der Waals surface area contributed by atoms with Crippen molar-refractivity contribution in [2.75, 3.05) is 6.26 Å². The van der Waals surface area contributed by atoms with Crippen LogP contribution in [0.1, 0.15) is 22.8 Å². The fraction of sp³-hybridized carbons (Fsp3) is 0.182. The highest BCUT2D eigenvalue weighted by molar-refractivity contribution is 7.93. The molecule has 0 spiro atoms. The molecule has 0 aliphatic carbocycles. The molecule has 80 valence electrons. The van der Waals surface area contributed by atoms with Gasteiger partial charge in [0, 0.05) is 17.2 Å². The van der Waals surface area contributed by atoms with Crippen LogP contribution < -0.4 is 0 Å². The van der Waals surface area contributed by atoms with Gasteiger partial charge >= 0.3 is 0 Å². The number of hydrogen-bond acceptors (Lipinski definition) is 3. The monoisotopic (exact) mass is 224 g/mol. The molecule has 1 rings (SSSR count). The van der Waals surface area contributed by atoms with Gasteiger partial charge < -0.3 is 0 Å². The van der Waals surface area contributed by atoms with Crippen molar-refractivity contribution in [3.63, 3.8) is 0 Å². The molecule has 15 heavy (non-hydrogen) atoms. The minimum Gasteiger partial charge on any atom is -0.295 e. The van der Waals surface area contributed by atoms with Crippen molar-refractivity contribution < 1.29 is 13.2 Å². The first-order valence-electron chi connectivity index (χ1n) is 4.37. The maximum absolute atomic E-state index is 11.1. The fourth-order valence-corrected chi connectivity index (χ4v) is 1.47. The third-order valence-electron chi connectivity index (χ3n) is 1.80. The topological polar surface area (TPSA) is 51.2 Å². The lowest BCUT2D eigenvalue weighted by molar-refractivity contribution is 0.101. The van der Waals surface area contributed by atoms with Gasteiger partial charge in [-0.15, -0.1) is 0 Å². The highest BCUT2D eigenvalue weighted by atomic mass is 32.2. The van der Waals surface area contributed by atoms with Crippen LogP contribution in [-0.2, 0) is 9.84 Å². The van der Waals surface area contributed by atoms with E-state index >= 15 is 0 Å². The van der Waals surface area contributed by atoms with Crippen molar-refractivity contribution in [2.24, 2.45) is 0 Å². The molecule has 0 aliphatic heterocycles. The average molecular weight is 224 g/mol. The van der Waals surface area contributed by atoms with Crippen LogP contribution in [0.4, 0.5) is 0 Å². The summed E-state index contributed by atoms with van der Waals surface area (Å²) in [6, 6.07) is 6.82. The third kappa shape index (κ3) is 4.08. The van der Waals surface area contributed by atoms with Crippen LogP contribution in [0.25, 0.3) is 6.08 Å². The lowest BCUT2D eigenvalue weighted by atomic mass is 10.1. The minimum atomic E-state index is -3.12. The van der Waals surface area contributed by atoms with Crippen LogP contribution >= 0.6 is 0 Å². The number of benzene rings is 1. The van der Waals surface area contributed by atoms with Gasteiger partial charge in [0.25, 0.3) is 0 Å². The number of Topliss-reactive ketones (excluding diaryl/α,β-unsaturated/α-hetero) is 1. The molecule has 0 aliphatic rings. The van der Waals surface area contributed by atoms with Crippen LogP contribution in [0.5, 0.6) is 0 Å². The van der Waals surface area contributed by atoms with E-state index in [4.69, 9.17) is 0 Å². The zero-order valence-corrected chi connectivity index (χ0v) is 9.41. The Morgan fingerprint density at radius 3 is 2.53 bits per heavy atom. The molecule has 0 radical (unpaired) electrons. The minimum absolute atomic E-state index is 0.0374. The molecule has 1 aromatic rings.